The second-order valence-corrected chi connectivity index (χ2v) is 9.58. The number of allylic oxidation sites excluding steroid dienone is 1. The molecule has 0 unspecified atom stereocenters. The molecule has 178 valence electrons. The van der Waals surface area contributed by atoms with Gasteiger partial charge >= 0.3 is 12.1 Å². The Balaban J connectivity index is 1.30. The van der Waals surface area contributed by atoms with E-state index in [1.54, 1.807) is 19.9 Å². The first-order chi connectivity index (χ1) is 16.3. The molecule has 2 aliphatic carbocycles. The maximum Gasteiger partial charge on any atom is 0.407 e. The smallest absolute Gasteiger partial charge is 0.407 e. The van der Waals surface area contributed by atoms with Gasteiger partial charge in [0.1, 0.15) is 6.61 Å². The van der Waals surface area contributed by atoms with Crippen molar-refractivity contribution in [2.75, 3.05) is 13.2 Å². The molecule has 0 heterocycles. The lowest BCUT2D eigenvalue weighted by Gasteiger charge is -2.29. The van der Waals surface area contributed by atoms with Crippen LogP contribution in [0.3, 0.4) is 0 Å². The van der Waals surface area contributed by atoms with Crippen molar-refractivity contribution in [1.29, 1.82) is 0 Å². The third kappa shape index (κ3) is 4.98. The number of carbonyl (C=O) groups is 3. The van der Waals surface area contributed by atoms with Crippen LogP contribution in [-0.2, 0) is 14.3 Å². The maximum absolute atomic E-state index is 12.8. The Hall–Kier alpha value is -3.61. The maximum atomic E-state index is 12.8. The summed E-state index contributed by atoms with van der Waals surface area (Å²) in [7, 11) is 0. The summed E-state index contributed by atoms with van der Waals surface area (Å²) in [4.78, 5) is 36.5. The quantitative estimate of drug-likeness (QED) is 0.538. The Bertz CT molecular complexity index is 1080. The molecule has 2 aliphatic rings. The summed E-state index contributed by atoms with van der Waals surface area (Å²) in [6.07, 6.45) is 3.86. The summed E-state index contributed by atoms with van der Waals surface area (Å²) in [6.45, 7) is 3.75. The van der Waals surface area contributed by atoms with Crippen LogP contribution in [-0.4, -0.2) is 42.3 Å². The molecular weight excluding hydrogens is 432 g/mol. The average molecular weight is 463 g/mol. The van der Waals surface area contributed by atoms with Crippen molar-refractivity contribution in [3.63, 3.8) is 0 Å². The Kier molecular flexibility index (Phi) is 6.72. The summed E-state index contributed by atoms with van der Waals surface area (Å²) >= 11 is 0. The van der Waals surface area contributed by atoms with E-state index in [1.807, 2.05) is 30.3 Å². The standard InChI is InChI=1S/C27H30N2O5/c1-27(2,25(32)29-18-9-7-8-17(14-18)24(30)31)16-28-26(33)34-15-23-21-12-5-3-10-19(21)20-11-4-6-13-22(20)23/h3-7,9-13,17-18,23H,8,14-16H2,1-2H3,(H,28,33)(H,29,32)(H,30,31)/t17-,18-/m0/s1. The molecular formula is C27H30N2O5. The van der Waals surface area contributed by atoms with Crippen LogP contribution < -0.4 is 10.6 Å². The molecule has 0 radical (unpaired) electrons. The van der Waals surface area contributed by atoms with Crippen LogP contribution >= 0.6 is 0 Å². The number of carboxylic acids is 1. The van der Waals surface area contributed by atoms with Gasteiger partial charge in [-0.25, -0.2) is 4.79 Å². The minimum Gasteiger partial charge on any atom is -0.481 e. The highest BCUT2D eigenvalue weighted by Gasteiger charge is 2.33. The summed E-state index contributed by atoms with van der Waals surface area (Å²) in [5.74, 6) is -1.65. The number of ether oxygens (including phenoxy) is 1. The number of alkyl carbamates (subject to hydrolysis) is 1. The summed E-state index contributed by atoms with van der Waals surface area (Å²) in [5.41, 5.74) is 3.70. The first-order valence-corrected chi connectivity index (χ1v) is 11.6. The van der Waals surface area contributed by atoms with E-state index in [0.717, 1.165) is 22.3 Å². The predicted octanol–water partition coefficient (Wildman–Crippen LogP) is 4.09. The topological polar surface area (TPSA) is 105 Å². The minimum atomic E-state index is -0.893. The van der Waals surface area contributed by atoms with E-state index in [-0.39, 0.29) is 31.0 Å². The molecule has 0 saturated heterocycles. The summed E-state index contributed by atoms with van der Waals surface area (Å²) < 4.78 is 5.55. The molecule has 7 heteroatoms. The second kappa shape index (κ2) is 9.71. The fourth-order valence-corrected chi connectivity index (χ4v) is 4.58. The number of nitrogens with one attached hydrogen (secondary N) is 2. The fourth-order valence-electron chi connectivity index (χ4n) is 4.58. The average Bonchev–Trinajstić information content (AvgIpc) is 3.15. The van der Waals surface area contributed by atoms with Crippen LogP contribution in [0.2, 0.25) is 0 Å². The predicted molar refractivity (Wildman–Crippen MR) is 128 cm³/mol. The van der Waals surface area contributed by atoms with Crippen LogP contribution in [0.15, 0.2) is 60.7 Å². The SMILES string of the molecule is CC(C)(CNC(=O)OCC1c2ccccc2-c2ccccc21)C(=O)N[C@H]1C=CC[C@H](C(=O)O)C1. The number of aliphatic carboxylic acids is 1. The van der Waals surface area contributed by atoms with Crippen LogP contribution in [0.5, 0.6) is 0 Å². The Labute approximate surface area is 199 Å². The lowest BCUT2D eigenvalue weighted by molar-refractivity contribution is -0.142. The molecule has 0 bridgehead atoms. The first kappa shape index (κ1) is 23.5. The molecule has 2 aromatic carbocycles. The molecule has 2 aromatic rings. The number of hydrogen-bond donors (Lipinski definition) is 3. The van der Waals surface area contributed by atoms with Gasteiger partial charge in [0, 0.05) is 18.5 Å². The molecule has 0 fully saturated rings. The van der Waals surface area contributed by atoms with Crippen molar-refractivity contribution in [3.8, 4) is 11.1 Å². The van der Waals surface area contributed by atoms with Gasteiger partial charge in [-0.15, -0.1) is 0 Å². The molecule has 7 nitrogen and oxygen atoms in total. The lowest BCUT2D eigenvalue weighted by atomic mass is 9.88. The van der Waals surface area contributed by atoms with Gasteiger partial charge in [0.25, 0.3) is 0 Å². The number of carbonyl (C=O) groups excluding carboxylic acids is 2. The normalized spacial score (nSPS) is 19.1. The fraction of sp³-hybridized carbons (Fsp3) is 0.370. The van der Waals surface area contributed by atoms with E-state index in [2.05, 4.69) is 34.9 Å². The number of benzene rings is 2. The zero-order valence-corrected chi connectivity index (χ0v) is 19.4. The molecule has 3 N–H and O–H groups in total. The highest BCUT2D eigenvalue weighted by atomic mass is 16.5. The van der Waals surface area contributed by atoms with Gasteiger partial charge in [-0.2, -0.15) is 0 Å². The van der Waals surface area contributed by atoms with E-state index in [4.69, 9.17) is 4.74 Å². The molecule has 2 amide bonds. The molecule has 0 aromatic heterocycles. The molecule has 0 aliphatic heterocycles. The number of fused-ring (bicyclic) bond motifs is 3. The van der Waals surface area contributed by atoms with Gasteiger partial charge in [-0.05, 0) is 48.9 Å². The van der Waals surface area contributed by atoms with Gasteiger partial charge in [0.15, 0.2) is 0 Å². The van der Waals surface area contributed by atoms with Crippen molar-refractivity contribution < 1.29 is 24.2 Å². The molecule has 0 spiro atoms. The Morgan fingerprint density at radius 1 is 1.03 bits per heavy atom. The summed E-state index contributed by atoms with van der Waals surface area (Å²) in [5, 5.41) is 14.8. The molecule has 0 saturated carbocycles. The van der Waals surface area contributed by atoms with E-state index in [0.29, 0.717) is 12.8 Å². The molecule has 2 atom stereocenters. The van der Waals surface area contributed by atoms with Gasteiger partial charge in [-0.1, -0.05) is 60.7 Å². The number of carboxylic acid groups (broad SMARTS) is 1. The monoisotopic (exact) mass is 462 g/mol. The summed E-state index contributed by atoms with van der Waals surface area (Å²) in [6, 6.07) is 15.9. The Morgan fingerprint density at radius 3 is 2.26 bits per heavy atom. The third-order valence-electron chi connectivity index (χ3n) is 6.63. The van der Waals surface area contributed by atoms with Gasteiger partial charge in [-0.3, -0.25) is 9.59 Å². The van der Waals surface area contributed by atoms with Crippen molar-refractivity contribution in [2.45, 2.75) is 38.6 Å². The number of rotatable bonds is 7. The number of amides is 2. The Morgan fingerprint density at radius 2 is 1.65 bits per heavy atom. The van der Waals surface area contributed by atoms with Crippen molar-refractivity contribution >= 4 is 18.0 Å². The van der Waals surface area contributed by atoms with E-state index >= 15 is 0 Å². The van der Waals surface area contributed by atoms with Crippen LogP contribution in [0.25, 0.3) is 11.1 Å². The van der Waals surface area contributed by atoms with Crippen LogP contribution in [0.4, 0.5) is 4.79 Å². The highest BCUT2D eigenvalue weighted by Crippen LogP contribution is 2.44. The highest BCUT2D eigenvalue weighted by molar-refractivity contribution is 5.83. The zero-order valence-electron chi connectivity index (χ0n) is 19.4. The van der Waals surface area contributed by atoms with Crippen molar-refractivity contribution in [1.82, 2.24) is 10.6 Å². The van der Waals surface area contributed by atoms with Crippen molar-refractivity contribution in [3.05, 3.63) is 71.8 Å². The first-order valence-electron chi connectivity index (χ1n) is 11.6. The minimum absolute atomic E-state index is 0.0327. The molecule has 34 heavy (non-hydrogen) atoms. The zero-order chi connectivity index (χ0) is 24.3. The second-order valence-electron chi connectivity index (χ2n) is 9.58. The van der Waals surface area contributed by atoms with E-state index < -0.39 is 23.4 Å². The lowest BCUT2D eigenvalue weighted by Crippen LogP contribution is -2.48. The van der Waals surface area contributed by atoms with E-state index in [9.17, 15) is 19.5 Å². The van der Waals surface area contributed by atoms with Gasteiger partial charge < -0.3 is 20.5 Å². The molecule has 4 rings (SSSR count). The van der Waals surface area contributed by atoms with Gasteiger partial charge in [0.05, 0.1) is 11.3 Å². The third-order valence-corrected chi connectivity index (χ3v) is 6.63. The number of hydrogen-bond acceptors (Lipinski definition) is 4. The van der Waals surface area contributed by atoms with Crippen LogP contribution in [0, 0.1) is 11.3 Å². The largest absolute Gasteiger partial charge is 0.481 e. The van der Waals surface area contributed by atoms with Crippen molar-refractivity contribution in [2.24, 2.45) is 11.3 Å². The van der Waals surface area contributed by atoms with Crippen LogP contribution in [0.1, 0.15) is 43.7 Å². The van der Waals surface area contributed by atoms with E-state index in [1.165, 1.54) is 0 Å². The van der Waals surface area contributed by atoms with Gasteiger partial charge in [0.2, 0.25) is 5.91 Å².